The summed E-state index contributed by atoms with van der Waals surface area (Å²) in [6.45, 7) is 4.25. The number of aromatic nitrogens is 1. The van der Waals surface area contributed by atoms with Gasteiger partial charge in [-0.05, 0) is 29.7 Å². The van der Waals surface area contributed by atoms with E-state index in [1.54, 1.807) is 0 Å². The van der Waals surface area contributed by atoms with Gasteiger partial charge in [-0.15, -0.1) is 0 Å². The molecule has 3 rings (SSSR count). The van der Waals surface area contributed by atoms with Gasteiger partial charge >= 0.3 is 0 Å². The van der Waals surface area contributed by atoms with Gasteiger partial charge in [0.2, 0.25) is 5.91 Å². The van der Waals surface area contributed by atoms with E-state index in [-0.39, 0.29) is 30.3 Å². The average Bonchev–Trinajstić information content (AvgIpc) is 2.85. The van der Waals surface area contributed by atoms with Gasteiger partial charge in [0.1, 0.15) is 0 Å². The Hall–Kier alpha value is -3.02. The molecule has 0 spiro atoms. The minimum Gasteiger partial charge on any atom is -0.326 e. The van der Waals surface area contributed by atoms with Crippen LogP contribution in [-0.2, 0) is 4.79 Å². The van der Waals surface area contributed by atoms with E-state index in [2.05, 4.69) is 24.1 Å². The van der Waals surface area contributed by atoms with E-state index in [0.29, 0.717) is 17.2 Å². The van der Waals surface area contributed by atoms with Gasteiger partial charge in [0.15, 0.2) is 0 Å². The third kappa shape index (κ3) is 3.42. The smallest absolute Gasteiger partial charge is 0.263 e. The van der Waals surface area contributed by atoms with Gasteiger partial charge in [-0.1, -0.05) is 26.0 Å². The molecule has 3 amide bonds. The third-order valence-corrected chi connectivity index (χ3v) is 4.20. The van der Waals surface area contributed by atoms with Gasteiger partial charge in [0.25, 0.3) is 11.8 Å². The molecular weight excluding hydrogens is 318 g/mol. The van der Waals surface area contributed by atoms with Crippen molar-refractivity contribution in [1.82, 2.24) is 9.88 Å². The molecule has 0 fully saturated rings. The zero-order valence-corrected chi connectivity index (χ0v) is 14.2. The van der Waals surface area contributed by atoms with Crippen LogP contribution in [0.5, 0.6) is 0 Å². The summed E-state index contributed by atoms with van der Waals surface area (Å²) in [5.41, 5.74) is 2.51. The van der Waals surface area contributed by atoms with Crippen molar-refractivity contribution in [3.63, 3.8) is 0 Å². The molecule has 1 aliphatic rings. The van der Waals surface area contributed by atoms with Crippen molar-refractivity contribution in [2.24, 2.45) is 0 Å². The summed E-state index contributed by atoms with van der Waals surface area (Å²) in [5, 5.41) is 2.78. The largest absolute Gasteiger partial charge is 0.326 e. The Morgan fingerprint density at radius 3 is 2.40 bits per heavy atom. The van der Waals surface area contributed by atoms with Gasteiger partial charge in [0, 0.05) is 31.0 Å². The number of carbonyl (C=O) groups excluding carboxylic acids is 3. The van der Waals surface area contributed by atoms with Crippen LogP contribution < -0.4 is 5.32 Å². The van der Waals surface area contributed by atoms with E-state index in [9.17, 15) is 14.4 Å². The first-order chi connectivity index (χ1) is 12.0. The summed E-state index contributed by atoms with van der Waals surface area (Å²) < 4.78 is 0. The first kappa shape index (κ1) is 16.8. The Morgan fingerprint density at radius 2 is 1.76 bits per heavy atom. The fourth-order valence-corrected chi connectivity index (χ4v) is 2.73. The number of pyridine rings is 1. The molecule has 6 heteroatoms. The standard InChI is InChI=1S/C19H19N3O3/c1-12(2)13-3-5-14(6-4-13)21-17(23)8-10-22-18(24)15-7-9-20-11-16(15)19(22)25/h3-7,9,11-12H,8,10H2,1-2H3,(H,21,23). The molecule has 128 valence electrons. The second kappa shape index (κ2) is 6.84. The monoisotopic (exact) mass is 337 g/mol. The Morgan fingerprint density at radius 1 is 1.08 bits per heavy atom. The number of hydrogen-bond acceptors (Lipinski definition) is 4. The quantitative estimate of drug-likeness (QED) is 0.851. The molecule has 0 aliphatic carbocycles. The van der Waals surface area contributed by atoms with E-state index in [1.807, 2.05) is 24.3 Å². The zero-order chi connectivity index (χ0) is 18.0. The van der Waals surface area contributed by atoms with Crippen molar-refractivity contribution in [1.29, 1.82) is 0 Å². The van der Waals surface area contributed by atoms with Crippen LogP contribution in [0, 0.1) is 0 Å². The molecule has 1 aromatic carbocycles. The number of nitrogens with one attached hydrogen (secondary N) is 1. The van der Waals surface area contributed by atoms with E-state index in [4.69, 9.17) is 0 Å². The number of hydrogen-bond donors (Lipinski definition) is 1. The second-order valence-corrected chi connectivity index (χ2v) is 6.26. The Balaban J connectivity index is 1.58. The number of nitrogens with zero attached hydrogens (tertiary/aromatic N) is 2. The molecule has 1 N–H and O–H groups in total. The normalized spacial score (nSPS) is 13.3. The molecule has 2 heterocycles. The molecule has 0 saturated carbocycles. The average molecular weight is 337 g/mol. The first-order valence-electron chi connectivity index (χ1n) is 8.17. The number of fused-ring (bicyclic) bond motifs is 1. The third-order valence-electron chi connectivity index (χ3n) is 4.20. The van der Waals surface area contributed by atoms with Crippen LogP contribution in [0.3, 0.4) is 0 Å². The molecule has 0 bridgehead atoms. The van der Waals surface area contributed by atoms with Gasteiger partial charge in [-0.25, -0.2) is 0 Å². The SMILES string of the molecule is CC(C)c1ccc(NC(=O)CCN2C(=O)c3ccncc3C2=O)cc1. The lowest BCUT2D eigenvalue weighted by Gasteiger charge is -2.13. The van der Waals surface area contributed by atoms with Crippen LogP contribution in [0.15, 0.2) is 42.7 Å². The van der Waals surface area contributed by atoms with Crippen LogP contribution in [-0.4, -0.2) is 34.2 Å². The maximum Gasteiger partial charge on any atom is 0.263 e. The lowest BCUT2D eigenvalue weighted by molar-refractivity contribution is -0.116. The molecular formula is C19H19N3O3. The lowest BCUT2D eigenvalue weighted by atomic mass is 10.0. The summed E-state index contributed by atoms with van der Waals surface area (Å²) in [6, 6.07) is 9.16. The topological polar surface area (TPSA) is 79.4 Å². The highest BCUT2D eigenvalue weighted by atomic mass is 16.2. The number of benzene rings is 1. The Kier molecular flexibility index (Phi) is 4.61. The Bertz CT molecular complexity index is 793. The number of imide groups is 1. The van der Waals surface area contributed by atoms with E-state index in [1.165, 1.54) is 24.0 Å². The van der Waals surface area contributed by atoms with Crippen molar-refractivity contribution in [3.8, 4) is 0 Å². The summed E-state index contributed by atoms with van der Waals surface area (Å²) >= 11 is 0. The van der Waals surface area contributed by atoms with Gasteiger partial charge in [0.05, 0.1) is 11.1 Å². The number of anilines is 1. The maximum atomic E-state index is 12.2. The summed E-state index contributed by atoms with van der Waals surface area (Å²) in [4.78, 5) is 41.5. The summed E-state index contributed by atoms with van der Waals surface area (Å²) in [5.74, 6) is -0.598. The highest BCUT2D eigenvalue weighted by Gasteiger charge is 2.35. The van der Waals surface area contributed by atoms with Crippen LogP contribution in [0.4, 0.5) is 5.69 Å². The molecule has 2 aromatic rings. The molecule has 0 atom stereocenters. The van der Waals surface area contributed by atoms with Gasteiger partial charge in [-0.2, -0.15) is 0 Å². The minimum atomic E-state index is -0.401. The van der Waals surface area contributed by atoms with Gasteiger partial charge in [-0.3, -0.25) is 24.3 Å². The van der Waals surface area contributed by atoms with Crippen LogP contribution in [0.25, 0.3) is 0 Å². The molecule has 6 nitrogen and oxygen atoms in total. The minimum absolute atomic E-state index is 0.0439. The zero-order valence-electron chi connectivity index (χ0n) is 14.2. The van der Waals surface area contributed by atoms with E-state index in [0.717, 1.165) is 4.90 Å². The lowest BCUT2D eigenvalue weighted by Crippen LogP contribution is -2.32. The van der Waals surface area contributed by atoms with Crippen LogP contribution >= 0.6 is 0 Å². The molecule has 1 aliphatic heterocycles. The predicted octanol–water partition coefficient (Wildman–Crippen LogP) is 2.83. The molecule has 0 unspecified atom stereocenters. The maximum absolute atomic E-state index is 12.2. The summed E-state index contributed by atoms with van der Waals surface area (Å²) in [6.07, 6.45) is 2.90. The number of amides is 3. The van der Waals surface area contributed by atoms with E-state index < -0.39 is 5.91 Å². The number of rotatable bonds is 5. The fraction of sp³-hybridized carbons (Fsp3) is 0.263. The molecule has 0 saturated heterocycles. The molecule has 25 heavy (non-hydrogen) atoms. The second-order valence-electron chi connectivity index (χ2n) is 6.26. The van der Waals surface area contributed by atoms with Crippen molar-refractivity contribution in [3.05, 3.63) is 59.4 Å². The van der Waals surface area contributed by atoms with Crippen molar-refractivity contribution in [2.75, 3.05) is 11.9 Å². The molecule has 0 radical (unpaired) electrons. The molecule has 1 aromatic heterocycles. The Labute approximate surface area is 145 Å². The van der Waals surface area contributed by atoms with Crippen molar-refractivity contribution < 1.29 is 14.4 Å². The van der Waals surface area contributed by atoms with Crippen LogP contribution in [0.2, 0.25) is 0 Å². The highest BCUT2D eigenvalue weighted by molar-refractivity contribution is 6.21. The highest BCUT2D eigenvalue weighted by Crippen LogP contribution is 2.22. The first-order valence-corrected chi connectivity index (χ1v) is 8.17. The summed E-state index contributed by atoms with van der Waals surface area (Å²) in [7, 11) is 0. The number of carbonyl (C=O) groups is 3. The van der Waals surface area contributed by atoms with Gasteiger partial charge < -0.3 is 5.32 Å². The van der Waals surface area contributed by atoms with Crippen LogP contribution in [0.1, 0.15) is 52.5 Å². The van der Waals surface area contributed by atoms with Crippen molar-refractivity contribution in [2.45, 2.75) is 26.2 Å². The van der Waals surface area contributed by atoms with E-state index >= 15 is 0 Å². The fourth-order valence-electron chi connectivity index (χ4n) is 2.73. The van der Waals surface area contributed by atoms with Crippen molar-refractivity contribution >= 4 is 23.4 Å². The predicted molar refractivity (Wildman–Crippen MR) is 93.4 cm³/mol.